The van der Waals surface area contributed by atoms with Crippen molar-refractivity contribution in [2.75, 3.05) is 12.3 Å². The lowest BCUT2D eigenvalue weighted by molar-refractivity contribution is 0.0526. The van der Waals surface area contributed by atoms with Crippen molar-refractivity contribution in [2.24, 2.45) is 5.92 Å². The molecule has 1 atom stereocenters. The number of ether oxygens (including phenoxy) is 2. The number of anilines is 1. The minimum absolute atomic E-state index is 0.0303. The summed E-state index contributed by atoms with van der Waals surface area (Å²) in [7, 11) is 0. The molecule has 5 nitrogen and oxygen atoms in total. The van der Waals surface area contributed by atoms with Crippen LogP contribution in [0.15, 0.2) is 12.3 Å². The third kappa shape index (κ3) is 3.35. The van der Waals surface area contributed by atoms with Crippen LogP contribution in [0, 0.1) is 5.92 Å². The van der Waals surface area contributed by atoms with Crippen molar-refractivity contribution in [1.29, 1.82) is 0 Å². The second-order valence-corrected chi connectivity index (χ2v) is 4.36. The van der Waals surface area contributed by atoms with E-state index < -0.39 is 5.97 Å². The standard InChI is InChI=1S/C13H20N2O3/c1-5-17-13(16)10-6-7-15-12(11(10)14)18-9(4)8(2)3/h6-9H,5,14H2,1-4H3. The first-order valence-corrected chi connectivity index (χ1v) is 6.05. The van der Waals surface area contributed by atoms with Gasteiger partial charge in [-0.3, -0.25) is 0 Å². The Bertz CT molecular complexity index is 419. The van der Waals surface area contributed by atoms with Crippen molar-refractivity contribution >= 4 is 11.7 Å². The molecule has 18 heavy (non-hydrogen) atoms. The number of nitrogens with zero attached hydrogens (tertiary/aromatic N) is 1. The highest BCUT2D eigenvalue weighted by Crippen LogP contribution is 2.25. The number of esters is 1. The molecule has 1 aromatic heterocycles. The van der Waals surface area contributed by atoms with Gasteiger partial charge < -0.3 is 15.2 Å². The molecule has 0 saturated heterocycles. The summed E-state index contributed by atoms with van der Waals surface area (Å²) in [6.07, 6.45) is 1.46. The molecule has 2 N–H and O–H groups in total. The van der Waals surface area contributed by atoms with E-state index in [1.807, 2.05) is 20.8 Å². The van der Waals surface area contributed by atoms with E-state index in [0.29, 0.717) is 12.5 Å². The van der Waals surface area contributed by atoms with Gasteiger partial charge in [-0.2, -0.15) is 0 Å². The van der Waals surface area contributed by atoms with Crippen molar-refractivity contribution in [3.63, 3.8) is 0 Å². The largest absolute Gasteiger partial charge is 0.473 e. The van der Waals surface area contributed by atoms with Crippen LogP contribution in [-0.2, 0) is 4.74 Å². The van der Waals surface area contributed by atoms with E-state index in [4.69, 9.17) is 15.2 Å². The van der Waals surface area contributed by atoms with Gasteiger partial charge in [0.15, 0.2) is 0 Å². The van der Waals surface area contributed by atoms with Gasteiger partial charge in [0, 0.05) is 6.20 Å². The molecule has 1 rings (SSSR count). The molecular weight excluding hydrogens is 232 g/mol. The molecule has 5 heteroatoms. The predicted octanol–water partition coefficient (Wildman–Crippen LogP) is 2.26. The molecule has 0 aromatic carbocycles. The second kappa shape index (κ2) is 6.23. The van der Waals surface area contributed by atoms with Crippen LogP contribution in [-0.4, -0.2) is 23.7 Å². The van der Waals surface area contributed by atoms with Gasteiger partial charge in [-0.05, 0) is 25.8 Å². The Morgan fingerprint density at radius 2 is 2.11 bits per heavy atom. The lowest BCUT2D eigenvalue weighted by Crippen LogP contribution is -2.20. The number of rotatable bonds is 5. The lowest BCUT2D eigenvalue weighted by Gasteiger charge is -2.18. The van der Waals surface area contributed by atoms with E-state index >= 15 is 0 Å². The summed E-state index contributed by atoms with van der Waals surface area (Å²) in [6.45, 7) is 8.06. The average molecular weight is 252 g/mol. The van der Waals surface area contributed by atoms with Gasteiger partial charge in [-0.1, -0.05) is 13.8 Å². The molecule has 0 amide bonds. The van der Waals surface area contributed by atoms with Gasteiger partial charge in [0.25, 0.3) is 0 Å². The Hall–Kier alpha value is -1.78. The van der Waals surface area contributed by atoms with Crippen molar-refractivity contribution in [1.82, 2.24) is 4.98 Å². The summed E-state index contributed by atoms with van der Waals surface area (Å²) < 4.78 is 10.5. The Morgan fingerprint density at radius 1 is 1.44 bits per heavy atom. The highest BCUT2D eigenvalue weighted by Gasteiger charge is 2.18. The first-order chi connectivity index (χ1) is 8.47. The SMILES string of the molecule is CCOC(=O)c1ccnc(OC(C)C(C)C)c1N. The minimum Gasteiger partial charge on any atom is -0.473 e. The lowest BCUT2D eigenvalue weighted by atomic mass is 10.1. The highest BCUT2D eigenvalue weighted by molar-refractivity contribution is 5.96. The minimum atomic E-state index is -0.459. The molecule has 0 aliphatic rings. The van der Waals surface area contributed by atoms with Gasteiger partial charge in [-0.15, -0.1) is 0 Å². The number of aromatic nitrogens is 1. The monoisotopic (exact) mass is 252 g/mol. The zero-order valence-electron chi connectivity index (χ0n) is 11.3. The summed E-state index contributed by atoms with van der Waals surface area (Å²) in [5.74, 6) is 0.152. The number of hydrogen-bond donors (Lipinski definition) is 1. The van der Waals surface area contributed by atoms with Crippen molar-refractivity contribution < 1.29 is 14.3 Å². The summed E-state index contributed by atoms with van der Waals surface area (Å²) >= 11 is 0. The quantitative estimate of drug-likeness (QED) is 0.813. The van der Waals surface area contributed by atoms with Crippen LogP contribution < -0.4 is 10.5 Å². The van der Waals surface area contributed by atoms with Crippen LogP contribution in [0.5, 0.6) is 5.88 Å². The number of nitrogen functional groups attached to an aromatic ring is 1. The molecule has 1 aromatic rings. The van der Waals surface area contributed by atoms with E-state index in [-0.39, 0.29) is 23.2 Å². The molecule has 0 bridgehead atoms. The van der Waals surface area contributed by atoms with E-state index in [9.17, 15) is 4.79 Å². The summed E-state index contributed by atoms with van der Waals surface area (Å²) in [5.41, 5.74) is 6.39. The number of carbonyl (C=O) groups excluding carboxylic acids is 1. The maximum absolute atomic E-state index is 11.7. The number of carbonyl (C=O) groups is 1. The van der Waals surface area contributed by atoms with E-state index in [2.05, 4.69) is 4.98 Å². The highest BCUT2D eigenvalue weighted by atomic mass is 16.5. The van der Waals surface area contributed by atoms with Gasteiger partial charge in [-0.25, -0.2) is 9.78 Å². The first kappa shape index (κ1) is 14.3. The van der Waals surface area contributed by atoms with Gasteiger partial charge in [0.1, 0.15) is 5.69 Å². The van der Waals surface area contributed by atoms with Crippen LogP contribution in [0.1, 0.15) is 38.1 Å². The Morgan fingerprint density at radius 3 is 2.67 bits per heavy atom. The Balaban J connectivity index is 2.95. The molecule has 0 fully saturated rings. The smallest absolute Gasteiger partial charge is 0.340 e. The second-order valence-electron chi connectivity index (χ2n) is 4.36. The molecule has 0 spiro atoms. The topological polar surface area (TPSA) is 74.4 Å². The molecule has 0 aliphatic heterocycles. The fourth-order valence-electron chi connectivity index (χ4n) is 1.25. The number of hydrogen-bond acceptors (Lipinski definition) is 5. The van der Waals surface area contributed by atoms with Crippen molar-refractivity contribution in [2.45, 2.75) is 33.8 Å². The van der Waals surface area contributed by atoms with Crippen molar-refractivity contribution in [3.05, 3.63) is 17.8 Å². The molecule has 0 radical (unpaired) electrons. The van der Waals surface area contributed by atoms with E-state index in [0.717, 1.165) is 0 Å². The zero-order valence-corrected chi connectivity index (χ0v) is 11.3. The van der Waals surface area contributed by atoms with Crippen LogP contribution in [0.25, 0.3) is 0 Å². The van der Waals surface area contributed by atoms with Crippen LogP contribution in [0.3, 0.4) is 0 Å². The maximum atomic E-state index is 11.7. The molecule has 1 heterocycles. The summed E-state index contributed by atoms with van der Waals surface area (Å²) in [6, 6.07) is 1.53. The normalized spacial score (nSPS) is 12.3. The fourth-order valence-corrected chi connectivity index (χ4v) is 1.25. The number of pyridine rings is 1. The summed E-state index contributed by atoms with van der Waals surface area (Å²) in [4.78, 5) is 15.7. The third-order valence-corrected chi connectivity index (χ3v) is 2.69. The maximum Gasteiger partial charge on any atom is 0.340 e. The van der Waals surface area contributed by atoms with Gasteiger partial charge in [0.05, 0.1) is 18.3 Å². The van der Waals surface area contributed by atoms with Gasteiger partial charge >= 0.3 is 5.97 Å². The zero-order chi connectivity index (χ0) is 13.7. The Kier molecular flexibility index (Phi) is 4.95. The van der Waals surface area contributed by atoms with Crippen LogP contribution in [0.4, 0.5) is 5.69 Å². The van der Waals surface area contributed by atoms with E-state index in [1.165, 1.54) is 12.3 Å². The van der Waals surface area contributed by atoms with Gasteiger partial charge in [0.2, 0.25) is 5.88 Å². The molecular formula is C13H20N2O3. The average Bonchev–Trinajstić information content (AvgIpc) is 2.31. The first-order valence-electron chi connectivity index (χ1n) is 6.05. The Labute approximate surface area is 107 Å². The fraction of sp³-hybridized carbons (Fsp3) is 0.538. The molecule has 0 saturated carbocycles. The van der Waals surface area contributed by atoms with E-state index in [1.54, 1.807) is 6.92 Å². The third-order valence-electron chi connectivity index (χ3n) is 2.69. The van der Waals surface area contributed by atoms with Crippen LogP contribution in [0.2, 0.25) is 0 Å². The van der Waals surface area contributed by atoms with Crippen LogP contribution >= 0.6 is 0 Å². The summed E-state index contributed by atoms with van der Waals surface area (Å²) in [5, 5.41) is 0. The predicted molar refractivity (Wildman–Crippen MR) is 69.5 cm³/mol. The molecule has 1 unspecified atom stereocenters. The number of nitrogens with two attached hydrogens (primary N) is 1. The molecule has 0 aliphatic carbocycles. The van der Waals surface area contributed by atoms with Crippen molar-refractivity contribution in [3.8, 4) is 5.88 Å². The molecule has 100 valence electrons.